The third-order valence-electron chi connectivity index (χ3n) is 4.41. The molecule has 4 heteroatoms. The number of ether oxygens (including phenoxy) is 2. The van der Waals surface area contributed by atoms with E-state index in [1.807, 2.05) is 24.3 Å². The number of piperidine rings is 1. The summed E-state index contributed by atoms with van der Waals surface area (Å²) in [5, 5.41) is 10.2. The summed E-state index contributed by atoms with van der Waals surface area (Å²) < 4.78 is 10.8. The minimum atomic E-state index is -0.432. The van der Waals surface area contributed by atoms with Gasteiger partial charge in [-0.3, -0.25) is 4.90 Å². The van der Waals surface area contributed by atoms with Crippen LogP contribution in [0.2, 0.25) is 0 Å². The van der Waals surface area contributed by atoms with E-state index < -0.39 is 6.10 Å². The zero-order valence-electron chi connectivity index (χ0n) is 14.0. The first-order chi connectivity index (χ1) is 10.6. The van der Waals surface area contributed by atoms with Crippen molar-refractivity contribution in [3.8, 4) is 5.75 Å². The molecule has 0 saturated carbocycles. The summed E-state index contributed by atoms with van der Waals surface area (Å²) in [6, 6.07) is 8.38. The number of rotatable bonds is 7. The molecule has 22 heavy (non-hydrogen) atoms. The van der Waals surface area contributed by atoms with Gasteiger partial charge in [0.15, 0.2) is 0 Å². The lowest BCUT2D eigenvalue weighted by Gasteiger charge is -2.37. The number of aliphatic hydroxyl groups excluding tert-OH is 1. The predicted molar refractivity (Wildman–Crippen MR) is 88.1 cm³/mol. The lowest BCUT2D eigenvalue weighted by atomic mass is 9.95. The second-order valence-electron chi connectivity index (χ2n) is 6.51. The van der Waals surface area contributed by atoms with Gasteiger partial charge in [0, 0.05) is 19.1 Å². The van der Waals surface area contributed by atoms with Crippen LogP contribution in [0.15, 0.2) is 24.3 Å². The first-order valence-corrected chi connectivity index (χ1v) is 8.21. The van der Waals surface area contributed by atoms with E-state index in [0.717, 1.165) is 23.8 Å². The van der Waals surface area contributed by atoms with E-state index in [4.69, 9.17) is 9.47 Å². The van der Waals surface area contributed by atoms with E-state index in [2.05, 4.69) is 18.7 Å². The van der Waals surface area contributed by atoms with Crippen LogP contribution in [0.1, 0.15) is 32.3 Å². The first-order valence-electron chi connectivity index (χ1n) is 8.21. The van der Waals surface area contributed by atoms with Gasteiger partial charge >= 0.3 is 0 Å². The van der Waals surface area contributed by atoms with Gasteiger partial charge < -0.3 is 14.6 Å². The zero-order chi connectivity index (χ0) is 15.9. The van der Waals surface area contributed by atoms with E-state index >= 15 is 0 Å². The fourth-order valence-corrected chi connectivity index (χ4v) is 3.03. The first kappa shape index (κ1) is 17.3. The monoisotopic (exact) mass is 307 g/mol. The molecule has 3 atom stereocenters. The van der Waals surface area contributed by atoms with Crippen molar-refractivity contribution in [3.05, 3.63) is 29.8 Å². The van der Waals surface area contributed by atoms with Crippen molar-refractivity contribution in [2.45, 2.75) is 45.4 Å². The van der Waals surface area contributed by atoms with Crippen molar-refractivity contribution in [1.29, 1.82) is 0 Å². The van der Waals surface area contributed by atoms with Gasteiger partial charge in [-0.1, -0.05) is 19.1 Å². The van der Waals surface area contributed by atoms with Gasteiger partial charge in [0.1, 0.15) is 5.75 Å². The topological polar surface area (TPSA) is 41.9 Å². The molecule has 0 spiro atoms. The quantitative estimate of drug-likeness (QED) is 0.841. The van der Waals surface area contributed by atoms with Crippen molar-refractivity contribution in [1.82, 2.24) is 4.90 Å². The second kappa shape index (κ2) is 8.51. The van der Waals surface area contributed by atoms with Crippen LogP contribution in [0.3, 0.4) is 0 Å². The zero-order valence-corrected chi connectivity index (χ0v) is 14.0. The van der Waals surface area contributed by atoms with Crippen LogP contribution in [-0.2, 0) is 11.3 Å². The maximum atomic E-state index is 10.2. The molecule has 2 rings (SSSR count). The van der Waals surface area contributed by atoms with Gasteiger partial charge in [-0.2, -0.15) is 0 Å². The maximum absolute atomic E-state index is 10.2. The van der Waals surface area contributed by atoms with E-state index in [1.54, 1.807) is 7.11 Å². The number of β-amino-alcohol motifs (C(OH)–C–C–N with tert-alkyl or cyclic N) is 1. The normalized spacial score (nSPS) is 24.2. The SMILES string of the molecule is COc1cccc(COCC(O)CN2CC(C)CCC2C)c1. The van der Waals surface area contributed by atoms with Crippen molar-refractivity contribution in [3.63, 3.8) is 0 Å². The number of methoxy groups -OCH3 is 1. The smallest absolute Gasteiger partial charge is 0.119 e. The predicted octanol–water partition coefficient (Wildman–Crippen LogP) is 2.69. The molecule has 1 saturated heterocycles. The minimum Gasteiger partial charge on any atom is -0.497 e. The van der Waals surface area contributed by atoms with Crippen LogP contribution < -0.4 is 4.74 Å². The lowest BCUT2D eigenvalue weighted by Crippen LogP contribution is -2.45. The summed E-state index contributed by atoms with van der Waals surface area (Å²) in [4.78, 5) is 2.38. The highest BCUT2D eigenvalue weighted by atomic mass is 16.5. The fraction of sp³-hybridized carbons (Fsp3) is 0.667. The average Bonchev–Trinajstić information content (AvgIpc) is 2.51. The van der Waals surface area contributed by atoms with Crippen LogP contribution in [0.4, 0.5) is 0 Å². The number of benzene rings is 1. The molecule has 3 unspecified atom stereocenters. The molecule has 0 amide bonds. The summed E-state index contributed by atoms with van der Waals surface area (Å²) in [5.41, 5.74) is 1.06. The van der Waals surface area contributed by atoms with Crippen LogP contribution >= 0.6 is 0 Å². The molecule has 4 nitrogen and oxygen atoms in total. The van der Waals surface area contributed by atoms with Gasteiger partial charge in [0.25, 0.3) is 0 Å². The van der Waals surface area contributed by atoms with Gasteiger partial charge in [0.05, 0.1) is 26.4 Å². The van der Waals surface area contributed by atoms with Crippen LogP contribution in [0.5, 0.6) is 5.75 Å². The van der Waals surface area contributed by atoms with Crippen molar-refractivity contribution in [2.75, 3.05) is 26.8 Å². The van der Waals surface area contributed by atoms with Gasteiger partial charge in [-0.15, -0.1) is 0 Å². The van der Waals surface area contributed by atoms with Gasteiger partial charge in [0.2, 0.25) is 0 Å². The van der Waals surface area contributed by atoms with Crippen molar-refractivity contribution < 1.29 is 14.6 Å². The van der Waals surface area contributed by atoms with Crippen molar-refractivity contribution in [2.24, 2.45) is 5.92 Å². The number of hydrogen-bond donors (Lipinski definition) is 1. The maximum Gasteiger partial charge on any atom is 0.119 e. The number of aliphatic hydroxyl groups is 1. The summed E-state index contributed by atoms with van der Waals surface area (Å²) in [6.07, 6.45) is 2.08. The molecule has 1 heterocycles. The van der Waals surface area contributed by atoms with Gasteiger partial charge in [-0.25, -0.2) is 0 Å². The molecule has 1 aliphatic rings. The van der Waals surface area contributed by atoms with Crippen molar-refractivity contribution >= 4 is 0 Å². The largest absolute Gasteiger partial charge is 0.497 e. The third kappa shape index (κ3) is 5.27. The molecule has 1 aliphatic heterocycles. The Kier molecular flexibility index (Phi) is 6.68. The number of likely N-dealkylation sites (tertiary alicyclic amines) is 1. The Morgan fingerprint density at radius 1 is 1.32 bits per heavy atom. The molecule has 0 bridgehead atoms. The van der Waals surface area contributed by atoms with Gasteiger partial charge in [-0.05, 0) is 43.4 Å². The Morgan fingerprint density at radius 3 is 2.91 bits per heavy atom. The van der Waals surface area contributed by atoms with E-state index in [1.165, 1.54) is 12.8 Å². The summed E-state index contributed by atoms with van der Waals surface area (Å²) in [7, 11) is 1.66. The highest BCUT2D eigenvalue weighted by Gasteiger charge is 2.24. The Balaban J connectivity index is 1.72. The Hall–Kier alpha value is -1.10. The second-order valence-corrected chi connectivity index (χ2v) is 6.51. The molecule has 1 aromatic rings. The third-order valence-corrected chi connectivity index (χ3v) is 4.41. The Morgan fingerprint density at radius 2 is 2.14 bits per heavy atom. The molecule has 1 aromatic carbocycles. The standard InChI is InChI=1S/C18H29NO3/c1-14-7-8-15(2)19(10-14)11-17(20)13-22-12-16-5-4-6-18(9-16)21-3/h4-6,9,14-15,17,20H,7-8,10-13H2,1-3H3. The number of nitrogens with zero attached hydrogens (tertiary/aromatic N) is 1. The molecule has 0 radical (unpaired) electrons. The fourth-order valence-electron chi connectivity index (χ4n) is 3.03. The average molecular weight is 307 g/mol. The Labute approximate surface area is 134 Å². The summed E-state index contributed by atoms with van der Waals surface area (Å²) in [6.45, 7) is 7.17. The molecule has 0 aromatic heterocycles. The molecular weight excluding hydrogens is 278 g/mol. The highest BCUT2D eigenvalue weighted by Crippen LogP contribution is 2.21. The van der Waals surface area contributed by atoms with Crippen LogP contribution in [0, 0.1) is 5.92 Å². The lowest BCUT2D eigenvalue weighted by molar-refractivity contribution is -0.00647. The molecule has 124 valence electrons. The highest BCUT2D eigenvalue weighted by molar-refractivity contribution is 5.27. The van der Waals surface area contributed by atoms with E-state index in [0.29, 0.717) is 25.8 Å². The van der Waals surface area contributed by atoms with Crippen LogP contribution in [-0.4, -0.2) is 49.0 Å². The summed E-state index contributed by atoms with van der Waals surface area (Å²) >= 11 is 0. The molecule has 1 N–H and O–H groups in total. The molecule has 1 fully saturated rings. The molecule has 0 aliphatic carbocycles. The summed E-state index contributed by atoms with van der Waals surface area (Å²) in [5.74, 6) is 1.55. The molecular formula is C18H29NO3. The number of hydrogen-bond acceptors (Lipinski definition) is 4. The van der Waals surface area contributed by atoms with Crippen LogP contribution in [0.25, 0.3) is 0 Å². The van der Waals surface area contributed by atoms with E-state index in [-0.39, 0.29) is 0 Å². The van der Waals surface area contributed by atoms with E-state index in [9.17, 15) is 5.11 Å². The Bertz CT molecular complexity index is 452. The minimum absolute atomic E-state index is 0.370.